The number of anilines is 4. The van der Waals surface area contributed by atoms with Crippen LogP contribution >= 0.6 is 7.14 Å². The van der Waals surface area contributed by atoms with Gasteiger partial charge in [0.2, 0.25) is 5.95 Å². The van der Waals surface area contributed by atoms with E-state index >= 15 is 0 Å². The van der Waals surface area contributed by atoms with E-state index in [0.717, 1.165) is 0 Å². The zero-order valence-corrected chi connectivity index (χ0v) is 24.6. The Bertz CT molecular complexity index is 1810. The van der Waals surface area contributed by atoms with Crippen LogP contribution in [0.15, 0.2) is 103 Å². The molecule has 0 aliphatic rings. The molecule has 5 rings (SSSR count). The van der Waals surface area contributed by atoms with Gasteiger partial charge in [-0.2, -0.15) is 18.2 Å². The van der Waals surface area contributed by atoms with Crippen LogP contribution in [0, 0.1) is 0 Å². The van der Waals surface area contributed by atoms with Crippen LogP contribution in [0.3, 0.4) is 0 Å². The minimum Gasteiger partial charge on any atom is -0.457 e. The van der Waals surface area contributed by atoms with Gasteiger partial charge in [0.15, 0.2) is 0 Å². The number of nitrogens with zero attached hydrogens (tertiary/aromatic N) is 3. The molecule has 44 heavy (non-hydrogen) atoms. The second kappa shape index (κ2) is 12.7. The number of pyridine rings is 1. The summed E-state index contributed by atoms with van der Waals surface area (Å²) >= 11 is 0. The Morgan fingerprint density at radius 2 is 1.61 bits per heavy atom. The number of ether oxygens (including phenoxy) is 1. The zero-order valence-electron chi connectivity index (χ0n) is 23.7. The first-order valence-corrected chi connectivity index (χ1v) is 16.0. The van der Waals surface area contributed by atoms with E-state index in [1.54, 1.807) is 104 Å². The monoisotopic (exact) mass is 617 g/mol. The standard InChI is InChI=1S/C32H27F3N5O3P/c1-44(2,42)28-18-23(26-10-6-7-17-36-26)13-16-27(28)39-29-25(32(33,34)35)19-37-31(40-29)38-24-14-11-21(12-15-24)20-43-30(41)22-8-4-3-5-9-22/h3-19H,20H2,1-2H3,(H2,37,38,39,40). The first-order valence-electron chi connectivity index (χ1n) is 13.4. The fourth-order valence-electron chi connectivity index (χ4n) is 4.27. The van der Waals surface area contributed by atoms with Gasteiger partial charge in [-0.15, -0.1) is 0 Å². The predicted molar refractivity (Wildman–Crippen MR) is 164 cm³/mol. The topological polar surface area (TPSA) is 106 Å². The Labute approximate surface area is 251 Å². The maximum Gasteiger partial charge on any atom is 0.421 e. The molecule has 0 saturated heterocycles. The zero-order chi connectivity index (χ0) is 31.3. The molecule has 0 radical (unpaired) electrons. The highest BCUT2D eigenvalue weighted by molar-refractivity contribution is 7.70. The van der Waals surface area contributed by atoms with E-state index in [1.807, 2.05) is 6.07 Å². The number of aromatic nitrogens is 3. The lowest BCUT2D eigenvalue weighted by molar-refractivity contribution is -0.137. The normalized spacial score (nSPS) is 11.6. The number of carbonyl (C=O) groups excluding carboxylic acids is 1. The lowest BCUT2D eigenvalue weighted by Crippen LogP contribution is -2.16. The van der Waals surface area contributed by atoms with Gasteiger partial charge >= 0.3 is 12.1 Å². The van der Waals surface area contributed by atoms with E-state index in [-0.39, 0.29) is 18.2 Å². The van der Waals surface area contributed by atoms with Gasteiger partial charge in [-0.25, -0.2) is 9.78 Å². The Kier molecular flexibility index (Phi) is 8.78. The summed E-state index contributed by atoms with van der Waals surface area (Å²) in [6.07, 6.45) is -2.44. The quantitative estimate of drug-likeness (QED) is 0.128. The number of halogens is 3. The first-order chi connectivity index (χ1) is 21.0. The molecule has 0 amide bonds. The SMILES string of the molecule is CP(C)(=O)c1cc(-c2ccccn2)ccc1Nc1nc(Nc2ccc(COC(=O)c3ccccc3)cc2)ncc1C(F)(F)F. The van der Waals surface area contributed by atoms with Crippen molar-refractivity contribution in [2.75, 3.05) is 24.0 Å². The molecule has 0 atom stereocenters. The van der Waals surface area contributed by atoms with Crippen molar-refractivity contribution in [1.82, 2.24) is 15.0 Å². The lowest BCUT2D eigenvalue weighted by atomic mass is 10.1. The number of nitrogens with one attached hydrogen (secondary N) is 2. The molecule has 0 aliphatic heterocycles. The molecule has 0 aliphatic carbocycles. The second-order valence-electron chi connectivity index (χ2n) is 10.1. The minimum absolute atomic E-state index is 0.0407. The Balaban J connectivity index is 1.37. The fraction of sp³-hybridized carbons (Fsp3) is 0.125. The van der Waals surface area contributed by atoms with Crippen LogP contribution in [-0.4, -0.2) is 34.3 Å². The molecule has 8 nitrogen and oxygen atoms in total. The molecule has 2 N–H and O–H groups in total. The Morgan fingerprint density at radius 3 is 2.27 bits per heavy atom. The predicted octanol–water partition coefficient (Wildman–Crippen LogP) is 7.65. The number of benzene rings is 3. The van der Waals surface area contributed by atoms with E-state index in [2.05, 4.69) is 25.6 Å². The van der Waals surface area contributed by atoms with Crippen LogP contribution in [-0.2, 0) is 22.1 Å². The molecule has 12 heteroatoms. The van der Waals surface area contributed by atoms with Gasteiger partial charge in [-0.3, -0.25) is 4.98 Å². The molecular formula is C32H27F3N5O3P. The summed E-state index contributed by atoms with van der Waals surface area (Å²) in [5.41, 5.74) is 2.10. The smallest absolute Gasteiger partial charge is 0.421 e. The molecular weight excluding hydrogens is 590 g/mol. The number of hydrogen-bond acceptors (Lipinski definition) is 8. The van der Waals surface area contributed by atoms with Crippen molar-refractivity contribution in [2.24, 2.45) is 0 Å². The van der Waals surface area contributed by atoms with E-state index in [0.29, 0.717) is 39.6 Å². The summed E-state index contributed by atoms with van der Waals surface area (Å²) in [4.78, 5) is 24.5. The van der Waals surface area contributed by atoms with Crippen LogP contribution in [0.5, 0.6) is 0 Å². The van der Waals surface area contributed by atoms with Crippen molar-refractivity contribution in [2.45, 2.75) is 12.8 Å². The van der Waals surface area contributed by atoms with Crippen LogP contribution in [0.25, 0.3) is 11.3 Å². The summed E-state index contributed by atoms with van der Waals surface area (Å²) in [6, 6.07) is 25.6. The maximum absolute atomic E-state index is 14.0. The average molecular weight is 618 g/mol. The molecule has 2 heterocycles. The van der Waals surface area contributed by atoms with Crippen molar-refractivity contribution in [3.63, 3.8) is 0 Å². The van der Waals surface area contributed by atoms with Gasteiger partial charge in [-0.05, 0) is 67.4 Å². The van der Waals surface area contributed by atoms with Crippen molar-refractivity contribution in [1.29, 1.82) is 0 Å². The Hall–Kier alpha value is -5.02. The third-order valence-electron chi connectivity index (χ3n) is 6.48. The molecule has 0 fully saturated rings. The third-order valence-corrected chi connectivity index (χ3v) is 8.01. The van der Waals surface area contributed by atoms with Gasteiger partial charge in [0.25, 0.3) is 0 Å². The highest BCUT2D eigenvalue weighted by atomic mass is 31.2. The fourth-order valence-corrected chi connectivity index (χ4v) is 5.43. The number of esters is 1. The molecule has 5 aromatic rings. The van der Waals surface area contributed by atoms with E-state index in [4.69, 9.17) is 4.74 Å². The van der Waals surface area contributed by atoms with Crippen molar-refractivity contribution < 1.29 is 27.3 Å². The third kappa shape index (κ3) is 7.48. The van der Waals surface area contributed by atoms with Gasteiger partial charge in [0.05, 0.1) is 16.9 Å². The summed E-state index contributed by atoms with van der Waals surface area (Å²) in [5, 5.41) is 6.01. The summed E-state index contributed by atoms with van der Waals surface area (Å²) in [6.45, 7) is 3.12. The van der Waals surface area contributed by atoms with E-state index < -0.39 is 30.7 Å². The average Bonchev–Trinajstić information content (AvgIpc) is 3.00. The Morgan fingerprint density at radius 1 is 0.886 bits per heavy atom. The van der Waals surface area contributed by atoms with Crippen molar-refractivity contribution in [3.8, 4) is 11.3 Å². The molecule has 224 valence electrons. The highest BCUT2D eigenvalue weighted by Gasteiger charge is 2.36. The largest absolute Gasteiger partial charge is 0.457 e. The van der Waals surface area contributed by atoms with Gasteiger partial charge < -0.3 is 19.9 Å². The molecule has 0 spiro atoms. The summed E-state index contributed by atoms with van der Waals surface area (Å²) in [5.74, 6) is -1.05. The van der Waals surface area contributed by atoms with Crippen molar-refractivity contribution in [3.05, 3.63) is 120 Å². The number of rotatable bonds is 9. The van der Waals surface area contributed by atoms with Gasteiger partial charge in [-0.1, -0.05) is 42.5 Å². The number of carbonyl (C=O) groups is 1. The molecule has 0 bridgehead atoms. The van der Waals surface area contributed by atoms with Gasteiger partial charge in [0, 0.05) is 28.9 Å². The van der Waals surface area contributed by atoms with E-state index in [9.17, 15) is 22.5 Å². The summed E-state index contributed by atoms with van der Waals surface area (Å²) < 4.78 is 60.5. The van der Waals surface area contributed by atoms with Crippen LogP contribution in [0.4, 0.5) is 36.3 Å². The molecule has 0 saturated carbocycles. The van der Waals surface area contributed by atoms with E-state index in [1.165, 1.54) is 0 Å². The first kappa shape index (κ1) is 30.4. The lowest BCUT2D eigenvalue weighted by Gasteiger charge is -2.19. The van der Waals surface area contributed by atoms with Gasteiger partial charge in [0.1, 0.15) is 25.1 Å². The molecule has 3 aromatic carbocycles. The minimum atomic E-state index is -4.75. The van der Waals surface area contributed by atoms with Crippen molar-refractivity contribution >= 4 is 41.6 Å². The van der Waals surface area contributed by atoms with Crippen LogP contribution in [0.2, 0.25) is 0 Å². The van der Waals surface area contributed by atoms with Crippen LogP contribution in [0.1, 0.15) is 21.5 Å². The van der Waals surface area contributed by atoms with Crippen LogP contribution < -0.4 is 15.9 Å². The number of alkyl halides is 3. The summed E-state index contributed by atoms with van der Waals surface area (Å²) in [7, 11) is -2.96. The number of hydrogen-bond donors (Lipinski definition) is 2. The maximum atomic E-state index is 14.0. The molecule has 0 unspecified atom stereocenters. The second-order valence-corrected chi connectivity index (χ2v) is 13.3. The highest BCUT2D eigenvalue weighted by Crippen LogP contribution is 2.41. The molecule has 2 aromatic heterocycles.